The molecule has 0 aliphatic rings. The highest BCUT2D eigenvalue weighted by Gasteiger charge is 2.03. The molecule has 6 heteroatoms. The Balaban J connectivity index is 1.75. The molecule has 3 rings (SSSR count). The van der Waals surface area contributed by atoms with Gasteiger partial charge in [-0.3, -0.25) is 0 Å². The molecule has 3 aromatic rings. The van der Waals surface area contributed by atoms with Crippen molar-refractivity contribution in [2.75, 3.05) is 5.32 Å². The minimum absolute atomic E-state index is 0.641. The molecule has 0 radical (unpaired) electrons. The van der Waals surface area contributed by atoms with Crippen LogP contribution in [0.25, 0.3) is 11.8 Å². The number of rotatable bonds is 4. The van der Waals surface area contributed by atoms with E-state index in [1.165, 1.54) is 0 Å². The highest BCUT2D eigenvalue weighted by atomic mass is 35.5. The number of anilines is 1. The number of tetrazole rings is 1. The first-order valence-corrected chi connectivity index (χ1v) is 6.73. The topological polar surface area (TPSA) is 55.6 Å². The van der Waals surface area contributed by atoms with Gasteiger partial charge in [0.05, 0.1) is 5.69 Å². The molecule has 1 aromatic heterocycles. The van der Waals surface area contributed by atoms with Gasteiger partial charge >= 0.3 is 0 Å². The molecule has 0 spiro atoms. The predicted molar refractivity (Wildman–Crippen MR) is 83.3 cm³/mol. The Morgan fingerprint density at radius 3 is 2.52 bits per heavy atom. The quantitative estimate of drug-likeness (QED) is 0.802. The Hall–Kier alpha value is -2.66. The van der Waals surface area contributed by atoms with Crippen LogP contribution in [0.2, 0.25) is 5.02 Å². The second-order valence-corrected chi connectivity index (χ2v) is 4.71. The molecule has 1 N–H and O–H groups in total. The SMILES string of the molecule is Clc1ccc(NC=Cc2nnnn2-c2ccccc2)cc1. The first kappa shape index (κ1) is 13.3. The van der Waals surface area contributed by atoms with Gasteiger partial charge in [-0.1, -0.05) is 29.8 Å². The van der Waals surface area contributed by atoms with Gasteiger partial charge in [0.2, 0.25) is 0 Å². The maximum Gasteiger partial charge on any atom is 0.181 e. The second-order valence-electron chi connectivity index (χ2n) is 4.27. The van der Waals surface area contributed by atoms with Gasteiger partial charge in [-0.2, -0.15) is 4.68 Å². The number of para-hydroxylation sites is 1. The van der Waals surface area contributed by atoms with Crippen LogP contribution >= 0.6 is 11.6 Å². The van der Waals surface area contributed by atoms with Crippen LogP contribution in [-0.4, -0.2) is 20.2 Å². The molecule has 5 nitrogen and oxygen atoms in total. The van der Waals surface area contributed by atoms with Gasteiger partial charge in [0.25, 0.3) is 0 Å². The van der Waals surface area contributed by atoms with E-state index in [1.807, 2.05) is 60.7 Å². The zero-order valence-corrected chi connectivity index (χ0v) is 11.8. The predicted octanol–water partition coefficient (Wildman–Crippen LogP) is 3.40. The summed E-state index contributed by atoms with van der Waals surface area (Å²) >= 11 is 5.84. The van der Waals surface area contributed by atoms with Crippen LogP contribution < -0.4 is 5.32 Å². The maximum absolute atomic E-state index is 5.84. The van der Waals surface area contributed by atoms with Gasteiger partial charge in [-0.25, -0.2) is 0 Å². The van der Waals surface area contributed by atoms with Gasteiger partial charge in [0, 0.05) is 23.0 Å². The fraction of sp³-hybridized carbons (Fsp3) is 0. The molecule has 0 saturated heterocycles. The first-order chi connectivity index (χ1) is 10.3. The fourth-order valence-corrected chi connectivity index (χ4v) is 1.94. The van der Waals surface area contributed by atoms with Crippen molar-refractivity contribution >= 4 is 23.4 Å². The molecule has 104 valence electrons. The molecule has 0 amide bonds. The summed E-state index contributed by atoms with van der Waals surface area (Å²) in [5, 5.41) is 15.5. The van der Waals surface area contributed by atoms with Crippen molar-refractivity contribution in [3.63, 3.8) is 0 Å². The molecule has 0 unspecified atom stereocenters. The van der Waals surface area contributed by atoms with Crippen LogP contribution in [-0.2, 0) is 0 Å². The molecule has 21 heavy (non-hydrogen) atoms. The molecule has 0 fully saturated rings. The van der Waals surface area contributed by atoms with Crippen LogP contribution in [0.4, 0.5) is 5.69 Å². The highest BCUT2D eigenvalue weighted by Crippen LogP contribution is 2.14. The second kappa shape index (κ2) is 6.19. The molecular weight excluding hydrogens is 286 g/mol. The minimum atomic E-state index is 0.641. The Bertz CT molecular complexity index is 734. The van der Waals surface area contributed by atoms with Crippen LogP contribution in [0.3, 0.4) is 0 Å². The number of nitrogens with one attached hydrogen (secondary N) is 1. The van der Waals surface area contributed by atoms with Gasteiger partial charge in [-0.15, -0.1) is 5.10 Å². The molecule has 0 bridgehead atoms. The van der Waals surface area contributed by atoms with Crippen LogP contribution in [0.15, 0.2) is 60.8 Å². The van der Waals surface area contributed by atoms with Crippen LogP contribution in [0.5, 0.6) is 0 Å². The normalized spacial score (nSPS) is 10.9. The number of nitrogens with zero attached hydrogens (tertiary/aromatic N) is 4. The van der Waals surface area contributed by atoms with Crippen molar-refractivity contribution in [1.82, 2.24) is 20.2 Å². The van der Waals surface area contributed by atoms with Crippen LogP contribution in [0.1, 0.15) is 5.82 Å². The fourth-order valence-electron chi connectivity index (χ4n) is 1.81. The standard InChI is InChI=1S/C15H12ClN5/c16-12-6-8-13(9-7-12)17-11-10-15-18-19-20-21(15)14-4-2-1-3-5-14/h1-11,17H. The van der Waals surface area contributed by atoms with E-state index in [9.17, 15) is 0 Å². The van der Waals surface area contributed by atoms with E-state index >= 15 is 0 Å². The summed E-state index contributed by atoms with van der Waals surface area (Å²) in [4.78, 5) is 0. The highest BCUT2D eigenvalue weighted by molar-refractivity contribution is 6.30. The third-order valence-electron chi connectivity index (χ3n) is 2.82. The van der Waals surface area contributed by atoms with Gasteiger partial charge < -0.3 is 5.32 Å². The smallest absolute Gasteiger partial charge is 0.181 e. The number of hydrogen-bond acceptors (Lipinski definition) is 4. The molecule has 2 aromatic carbocycles. The third-order valence-corrected chi connectivity index (χ3v) is 3.07. The summed E-state index contributed by atoms with van der Waals surface area (Å²) in [6.07, 6.45) is 3.59. The number of aromatic nitrogens is 4. The Labute approximate surface area is 126 Å². The average molecular weight is 298 g/mol. The van der Waals surface area contributed by atoms with Crippen molar-refractivity contribution < 1.29 is 0 Å². The van der Waals surface area contributed by atoms with E-state index in [1.54, 1.807) is 10.9 Å². The molecule has 1 heterocycles. The van der Waals surface area contributed by atoms with E-state index in [4.69, 9.17) is 11.6 Å². The molecule has 0 atom stereocenters. The summed E-state index contributed by atoms with van der Waals surface area (Å²) in [7, 11) is 0. The Kier molecular flexibility index (Phi) is 3.93. The van der Waals surface area contributed by atoms with E-state index in [0.717, 1.165) is 11.4 Å². The maximum atomic E-state index is 5.84. The molecule has 0 saturated carbocycles. The van der Waals surface area contributed by atoms with E-state index in [0.29, 0.717) is 10.8 Å². The van der Waals surface area contributed by atoms with E-state index < -0.39 is 0 Å². The third kappa shape index (κ3) is 3.27. The number of halogens is 1. The first-order valence-electron chi connectivity index (χ1n) is 6.35. The van der Waals surface area contributed by atoms with Gasteiger partial charge in [-0.05, 0) is 46.8 Å². The summed E-state index contributed by atoms with van der Waals surface area (Å²) in [5.41, 5.74) is 1.85. The Morgan fingerprint density at radius 2 is 1.76 bits per heavy atom. The molecular formula is C15H12ClN5. The summed E-state index contributed by atoms with van der Waals surface area (Å²) < 4.78 is 1.67. The summed E-state index contributed by atoms with van der Waals surface area (Å²) in [5.74, 6) is 0.641. The van der Waals surface area contributed by atoms with Crippen molar-refractivity contribution in [3.05, 3.63) is 71.6 Å². The zero-order chi connectivity index (χ0) is 14.5. The summed E-state index contributed by atoms with van der Waals surface area (Å²) in [6, 6.07) is 17.2. The molecule has 0 aliphatic heterocycles. The number of hydrogen-bond donors (Lipinski definition) is 1. The van der Waals surface area contributed by atoms with Crippen molar-refractivity contribution in [3.8, 4) is 5.69 Å². The summed E-state index contributed by atoms with van der Waals surface area (Å²) in [6.45, 7) is 0. The van der Waals surface area contributed by atoms with Crippen molar-refractivity contribution in [1.29, 1.82) is 0 Å². The minimum Gasteiger partial charge on any atom is -0.362 e. The van der Waals surface area contributed by atoms with Crippen molar-refractivity contribution in [2.45, 2.75) is 0 Å². The van der Waals surface area contributed by atoms with E-state index in [2.05, 4.69) is 20.8 Å². The molecule has 0 aliphatic carbocycles. The average Bonchev–Trinajstić information content (AvgIpc) is 2.99. The lowest BCUT2D eigenvalue weighted by atomic mass is 10.3. The van der Waals surface area contributed by atoms with Crippen LogP contribution in [0, 0.1) is 0 Å². The monoisotopic (exact) mass is 297 g/mol. The lowest BCUT2D eigenvalue weighted by Crippen LogP contribution is -1.99. The zero-order valence-electron chi connectivity index (χ0n) is 11.0. The van der Waals surface area contributed by atoms with Crippen molar-refractivity contribution in [2.24, 2.45) is 0 Å². The largest absolute Gasteiger partial charge is 0.362 e. The Morgan fingerprint density at radius 1 is 1.00 bits per heavy atom. The lowest BCUT2D eigenvalue weighted by molar-refractivity contribution is 0.787. The van der Waals surface area contributed by atoms with Gasteiger partial charge in [0.15, 0.2) is 5.82 Å². The van der Waals surface area contributed by atoms with E-state index in [-0.39, 0.29) is 0 Å². The number of benzene rings is 2. The lowest BCUT2D eigenvalue weighted by Gasteiger charge is -2.02. The van der Waals surface area contributed by atoms with Gasteiger partial charge in [0.1, 0.15) is 0 Å².